The summed E-state index contributed by atoms with van der Waals surface area (Å²) in [5.74, 6) is 1.90. The zero-order valence-corrected chi connectivity index (χ0v) is 14.1. The largest absolute Gasteiger partial charge is 0.455 e. The number of aromatic nitrogens is 2. The molecule has 5 aliphatic heterocycles. The third-order valence-electron chi connectivity index (χ3n) is 5.84. The maximum Gasteiger partial charge on any atom is 0.291 e. The number of anilines is 2. The Morgan fingerprint density at radius 3 is 2.72 bits per heavy atom. The van der Waals surface area contributed by atoms with Crippen LogP contribution in [0, 0.1) is 5.92 Å². The fourth-order valence-electron chi connectivity index (χ4n) is 4.47. The average molecular weight is 342 g/mol. The van der Waals surface area contributed by atoms with Crippen molar-refractivity contribution < 1.29 is 9.53 Å². The van der Waals surface area contributed by atoms with Crippen molar-refractivity contribution in [2.24, 2.45) is 10.9 Å². The Morgan fingerprint density at radius 2 is 2.08 bits per heavy atom. The van der Waals surface area contributed by atoms with Gasteiger partial charge in [0.2, 0.25) is 5.91 Å². The summed E-state index contributed by atoms with van der Waals surface area (Å²) in [6.07, 6.45) is 7.12. The van der Waals surface area contributed by atoms with E-state index in [0.29, 0.717) is 36.5 Å². The van der Waals surface area contributed by atoms with Crippen LogP contribution >= 0.6 is 0 Å². The highest BCUT2D eigenvalue weighted by Crippen LogP contribution is 2.40. The number of nitrogens with one attached hydrogen (secondary N) is 1. The molecule has 4 fully saturated rings. The molecule has 1 N–H and O–H groups in total. The monoisotopic (exact) mass is 342 g/mol. The first-order valence-electron chi connectivity index (χ1n) is 9.07. The molecule has 4 saturated heterocycles. The molecule has 0 saturated carbocycles. The van der Waals surface area contributed by atoms with Gasteiger partial charge in [-0.15, -0.1) is 0 Å². The van der Waals surface area contributed by atoms with Crippen molar-refractivity contribution in [1.29, 1.82) is 0 Å². The van der Waals surface area contributed by atoms with Crippen LogP contribution in [0.5, 0.6) is 0 Å². The first-order valence-corrected chi connectivity index (χ1v) is 9.07. The quantitative estimate of drug-likeness (QED) is 0.859. The smallest absolute Gasteiger partial charge is 0.291 e. The molecule has 0 aromatic carbocycles. The minimum atomic E-state index is -0.159. The van der Waals surface area contributed by atoms with Crippen molar-refractivity contribution >= 4 is 23.6 Å². The van der Waals surface area contributed by atoms with Crippen LogP contribution in [0.25, 0.3) is 0 Å². The molecule has 0 radical (unpaired) electrons. The number of ether oxygens (including phenoxy) is 1. The number of nitrogens with zero attached hydrogens (tertiary/aromatic N) is 5. The molecule has 1 spiro atoms. The molecule has 132 valence electrons. The molecule has 5 aliphatic rings. The first kappa shape index (κ1) is 15.1. The van der Waals surface area contributed by atoms with Crippen molar-refractivity contribution in [2.45, 2.75) is 31.3 Å². The van der Waals surface area contributed by atoms with Crippen LogP contribution < -0.4 is 10.2 Å². The number of carbonyl (C=O) groups excluding carboxylic acids is 1. The van der Waals surface area contributed by atoms with Crippen molar-refractivity contribution in [3.8, 4) is 0 Å². The molecule has 8 nitrogen and oxygen atoms in total. The van der Waals surface area contributed by atoms with Crippen LogP contribution in [-0.2, 0) is 9.53 Å². The molecular weight excluding hydrogens is 320 g/mol. The zero-order chi connectivity index (χ0) is 16.9. The Hall–Kier alpha value is -2.22. The van der Waals surface area contributed by atoms with E-state index >= 15 is 0 Å². The predicted octanol–water partition coefficient (Wildman–Crippen LogP) is 0.866. The number of aliphatic imine (C=N–C) groups is 1. The topological polar surface area (TPSA) is 83.0 Å². The van der Waals surface area contributed by atoms with Gasteiger partial charge in [-0.05, 0) is 32.4 Å². The molecular formula is C17H22N6O2. The number of rotatable bonds is 2. The second-order valence-corrected chi connectivity index (χ2v) is 7.37. The van der Waals surface area contributed by atoms with E-state index in [-0.39, 0.29) is 11.5 Å². The number of piperidine rings is 3. The van der Waals surface area contributed by atoms with Gasteiger partial charge in [0.25, 0.3) is 6.02 Å². The summed E-state index contributed by atoms with van der Waals surface area (Å²) in [5, 5.41) is 3.13. The molecule has 1 atom stereocenters. The number of amidine groups is 1. The highest BCUT2D eigenvalue weighted by atomic mass is 16.5. The summed E-state index contributed by atoms with van der Waals surface area (Å²) in [6, 6.07) is 0.535. The number of carbonyl (C=O) groups is 1. The molecule has 6 rings (SSSR count). The molecule has 1 amide bonds. The summed E-state index contributed by atoms with van der Waals surface area (Å²) in [4.78, 5) is 29.2. The Labute approximate surface area is 146 Å². The maximum atomic E-state index is 11.8. The SMILES string of the molecule is O=C1CCCN1c1cnc(NC2=NCC3(CN4CCC3CC4)O2)cn1. The molecule has 1 aromatic rings. The van der Waals surface area contributed by atoms with Gasteiger partial charge in [-0.25, -0.2) is 15.0 Å². The van der Waals surface area contributed by atoms with E-state index in [1.165, 1.54) is 25.9 Å². The van der Waals surface area contributed by atoms with Crippen LogP contribution in [0.1, 0.15) is 25.7 Å². The fraction of sp³-hybridized carbons (Fsp3) is 0.647. The van der Waals surface area contributed by atoms with E-state index in [4.69, 9.17) is 4.74 Å². The average Bonchev–Trinajstić information content (AvgIpc) is 3.23. The van der Waals surface area contributed by atoms with E-state index < -0.39 is 0 Å². The highest BCUT2D eigenvalue weighted by Gasteiger charge is 2.51. The first-order chi connectivity index (χ1) is 12.2. The van der Waals surface area contributed by atoms with Crippen molar-refractivity contribution in [3.05, 3.63) is 12.4 Å². The van der Waals surface area contributed by atoms with Crippen LogP contribution in [-0.4, -0.2) is 65.1 Å². The lowest BCUT2D eigenvalue weighted by Crippen LogP contribution is -2.61. The number of hydrogen-bond donors (Lipinski definition) is 1. The Morgan fingerprint density at radius 1 is 1.20 bits per heavy atom. The number of fused-ring (bicyclic) bond motifs is 2. The van der Waals surface area contributed by atoms with Gasteiger partial charge < -0.3 is 4.74 Å². The van der Waals surface area contributed by atoms with Crippen molar-refractivity contribution in [3.63, 3.8) is 0 Å². The Bertz CT molecular complexity index is 712. The van der Waals surface area contributed by atoms with Gasteiger partial charge in [0.1, 0.15) is 5.60 Å². The van der Waals surface area contributed by atoms with Gasteiger partial charge in [0, 0.05) is 25.4 Å². The van der Waals surface area contributed by atoms with E-state index in [1.807, 2.05) is 0 Å². The van der Waals surface area contributed by atoms with E-state index in [0.717, 1.165) is 19.5 Å². The summed E-state index contributed by atoms with van der Waals surface area (Å²) in [7, 11) is 0. The van der Waals surface area contributed by atoms with Gasteiger partial charge in [-0.2, -0.15) is 0 Å². The molecule has 2 bridgehead atoms. The standard InChI is InChI=1S/C17H22N6O2/c24-15-2-1-5-23(15)14-9-18-13(8-19-14)21-16-20-10-17(25-16)11-22-6-3-12(17)4-7-22/h8-9,12H,1-7,10-11H2,(H,18,20,21). The van der Waals surface area contributed by atoms with E-state index in [1.54, 1.807) is 17.3 Å². The van der Waals surface area contributed by atoms with Gasteiger partial charge in [-0.3, -0.25) is 19.9 Å². The van der Waals surface area contributed by atoms with Crippen LogP contribution in [0.2, 0.25) is 0 Å². The van der Waals surface area contributed by atoms with Gasteiger partial charge >= 0.3 is 0 Å². The fourth-order valence-corrected chi connectivity index (χ4v) is 4.47. The minimum Gasteiger partial charge on any atom is -0.455 e. The summed E-state index contributed by atoms with van der Waals surface area (Å²) >= 11 is 0. The van der Waals surface area contributed by atoms with E-state index in [2.05, 4.69) is 25.2 Å². The summed E-state index contributed by atoms with van der Waals surface area (Å²) in [6.45, 7) is 4.76. The number of hydrogen-bond acceptors (Lipinski definition) is 7. The molecule has 8 heteroatoms. The lowest BCUT2D eigenvalue weighted by atomic mass is 9.75. The molecule has 6 heterocycles. The van der Waals surface area contributed by atoms with Crippen molar-refractivity contribution in [2.75, 3.05) is 42.9 Å². The maximum absolute atomic E-state index is 11.8. The zero-order valence-electron chi connectivity index (χ0n) is 14.1. The predicted molar refractivity (Wildman–Crippen MR) is 92.5 cm³/mol. The number of amides is 1. The second kappa shape index (κ2) is 5.66. The molecule has 0 aliphatic carbocycles. The van der Waals surface area contributed by atoms with Gasteiger partial charge in [0.05, 0.1) is 18.9 Å². The van der Waals surface area contributed by atoms with Crippen LogP contribution in [0.15, 0.2) is 17.4 Å². The summed E-state index contributed by atoms with van der Waals surface area (Å²) in [5.41, 5.74) is -0.159. The molecule has 25 heavy (non-hydrogen) atoms. The third-order valence-corrected chi connectivity index (χ3v) is 5.84. The lowest BCUT2D eigenvalue weighted by molar-refractivity contribution is -0.117. The highest BCUT2D eigenvalue weighted by molar-refractivity contribution is 5.94. The molecule has 1 aromatic heterocycles. The Balaban J connectivity index is 1.25. The second-order valence-electron chi connectivity index (χ2n) is 7.37. The van der Waals surface area contributed by atoms with Crippen LogP contribution in [0.4, 0.5) is 11.6 Å². The normalized spacial score (nSPS) is 33.7. The van der Waals surface area contributed by atoms with Gasteiger partial charge in [-0.1, -0.05) is 0 Å². The van der Waals surface area contributed by atoms with E-state index in [9.17, 15) is 4.79 Å². The lowest BCUT2D eigenvalue weighted by Gasteiger charge is -2.50. The van der Waals surface area contributed by atoms with Gasteiger partial charge in [0.15, 0.2) is 11.6 Å². The van der Waals surface area contributed by atoms with Crippen LogP contribution in [0.3, 0.4) is 0 Å². The third kappa shape index (κ3) is 2.55. The van der Waals surface area contributed by atoms with Crippen molar-refractivity contribution in [1.82, 2.24) is 14.9 Å². The Kier molecular flexibility index (Phi) is 3.41. The minimum absolute atomic E-state index is 0.114. The molecule has 1 unspecified atom stereocenters. The summed E-state index contributed by atoms with van der Waals surface area (Å²) < 4.78 is 6.24.